The van der Waals surface area contributed by atoms with Crippen LogP contribution in [0.1, 0.15) is 64.0 Å². The first kappa shape index (κ1) is 21.9. The fourth-order valence-corrected chi connectivity index (χ4v) is 8.68. The molecule has 1 aromatic rings. The van der Waals surface area contributed by atoms with Crippen molar-refractivity contribution >= 4 is 28.4 Å². The molecule has 0 bridgehead atoms. The number of urea groups is 1. The van der Waals surface area contributed by atoms with E-state index in [-0.39, 0.29) is 22.8 Å². The van der Waals surface area contributed by atoms with E-state index in [1.807, 2.05) is 18.0 Å². The van der Waals surface area contributed by atoms with Crippen molar-refractivity contribution < 1.29 is 9.59 Å². The van der Waals surface area contributed by atoms with Crippen LogP contribution in [0, 0.1) is 28.6 Å². The summed E-state index contributed by atoms with van der Waals surface area (Å²) in [6, 6.07) is 0.208. The van der Waals surface area contributed by atoms with E-state index < -0.39 is 0 Å². The first-order chi connectivity index (χ1) is 15.1. The van der Waals surface area contributed by atoms with Crippen molar-refractivity contribution in [2.75, 3.05) is 26.5 Å². The maximum absolute atomic E-state index is 12.3. The predicted molar refractivity (Wildman–Crippen MR) is 128 cm³/mol. The van der Waals surface area contributed by atoms with Crippen LogP contribution in [0.4, 0.5) is 9.93 Å². The molecule has 174 valence electrons. The zero-order valence-electron chi connectivity index (χ0n) is 19.9. The molecular weight excluding hydrogens is 420 g/mol. The van der Waals surface area contributed by atoms with Crippen LogP contribution in [0.3, 0.4) is 0 Å². The summed E-state index contributed by atoms with van der Waals surface area (Å²) in [7, 11) is 5.48. The third-order valence-corrected chi connectivity index (χ3v) is 10.4. The van der Waals surface area contributed by atoms with Gasteiger partial charge in [-0.15, -0.1) is 11.3 Å². The van der Waals surface area contributed by atoms with Gasteiger partial charge in [0.05, 0.1) is 5.69 Å². The highest BCUT2D eigenvalue weighted by atomic mass is 32.1. The Kier molecular flexibility index (Phi) is 5.19. The Balaban J connectivity index is 1.38. The number of rotatable bonds is 2. The lowest BCUT2D eigenvalue weighted by Gasteiger charge is -2.60. The molecule has 0 saturated heterocycles. The average molecular weight is 457 g/mol. The summed E-state index contributed by atoms with van der Waals surface area (Å²) >= 11 is 1.54. The molecular formula is C25H36N4O2S. The topological polar surface area (TPSA) is 65.5 Å². The van der Waals surface area contributed by atoms with Crippen LogP contribution < -0.4 is 5.32 Å². The van der Waals surface area contributed by atoms with E-state index in [0.717, 1.165) is 18.0 Å². The van der Waals surface area contributed by atoms with E-state index in [1.165, 1.54) is 37.0 Å². The molecule has 6 nitrogen and oxygen atoms in total. The summed E-state index contributed by atoms with van der Waals surface area (Å²) in [5.41, 5.74) is 1.52. The molecule has 2 unspecified atom stereocenters. The van der Waals surface area contributed by atoms with Gasteiger partial charge >= 0.3 is 6.03 Å². The number of likely N-dealkylation sites (N-methyl/N-ethyl adjacent to an activating group) is 1. The van der Waals surface area contributed by atoms with E-state index in [1.54, 1.807) is 25.4 Å². The minimum absolute atomic E-state index is 0.0925. The van der Waals surface area contributed by atoms with Crippen molar-refractivity contribution in [3.8, 4) is 0 Å². The standard InChI is InChI=1S/C25H36N4O2S/c1-24-12-10-17-15(6-9-20-25(17,2)13-11-21(30)29(20)5)16(24)7-8-18(24)19-14-32-22(26-19)27-23(31)28(3)4/h11,13-18,20H,6-10,12H2,1-5H3,(H,26,27,31)/t15?,16-,17?,18+,20+,24-,25+/m0/s1. The molecule has 7 heteroatoms. The number of carbonyl (C=O) groups excluding carboxylic acids is 2. The Morgan fingerprint density at radius 2 is 1.97 bits per heavy atom. The fourth-order valence-electron chi connectivity index (χ4n) is 7.93. The van der Waals surface area contributed by atoms with Gasteiger partial charge in [0.2, 0.25) is 5.91 Å². The second kappa shape index (κ2) is 7.57. The van der Waals surface area contributed by atoms with Gasteiger partial charge in [0.25, 0.3) is 0 Å². The van der Waals surface area contributed by atoms with Crippen LogP contribution in [0.5, 0.6) is 0 Å². The van der Waals surface area contributed by atoms with Gasteiger partial charge in [-0.2, -0.15) is 0 Å². The Hall–Kier alpha value is -1.89. The maximum Gasteiger partial charge on any atom is 0.323 e. The first-order valence-electron chi connectivity index (χ1n) is 12.0. The monoisotopic (exact) mass is 456 g/mol. The highest BCUT2D eigenvalue weighted by Gasteiger charge is 2.60. The molecule has 3 amide bonds. The van der Waals surface area contributed by atoms with Gasteiger partial charge in [-0.1, -0.05) is 19.9 Å². The molecule has 0 aromatic carbocycles. The molecule has 7 atom stereocenters. The zero-order valence-corrected chi connectivity index (χ0v) is 20.7. The van der Waals surface area contributed by atoms with E-state index in [4.69, 9.17) is 4.98 Å². The summed E-state index contributed by atoms with van der Waals surface area (Å²) < 4.78 is 0. The number of fused-ring (bicyclic) bond motifs is 5. The third-order valence-electron chi connectivity index (χ3n) is 9.63. The summed E-state index contributed by atoms with van der Waals surface area (Å²) in [5, 5.41) is 5.78. The van der Waals surface area contributed by atoms with Gasteiger partial charge in [0.15, 0.2) is 5.13 Å². The van der Waals surface area contributed by atoms with E-state index in [9.17, 15) is 9.59 Å². The Bertz CT molecular complexity index is 957. The lowest BCUT2D eigenvalue weighted by atomic mass is 9.47. The summed E-state index contributed by atoms with van der Waals surface area (Å²) in [6.45, 7) is 4.91. The zero-order chi connectivity index (χ0) is 22.8. The molecule has 0 radical (unpaired) electrons. The molecule has 2 heterocycles. The van der Waals surface area contributed by atoms with Crippen LogP contribution in [-0.4, -0.2) is 53.9 Å². The van der Waals surface area contributed by atoms with Crippen LogP contribution in [0.15, 0.2) is 17.5 Å². The van der Waals surface area contributed by atoms with Crippen LogP contribution >= 0.6 is 11.3 Å². The van der Waals surface area contributed by atoms with Crippen molar-refractivity contribution in [3.05, 3.63) is 23.2 Å². The highest BCUT2D eigenvalue weighted by Crippen LogP contribution is 2.67. The van der Waals surface area contributed by atoms with Crippen molar-refractivity contribution in [1.29, 1.82) is 0 Å². The van der Waals surface area contributed by atoms with E-state index in [2.05, 4.69) is 30.6 Å². The molecule has 3 saturated carbocycles. The smallest absolute Gasteiger partial charge is 0.323 e. The van der Waals surface area contributed by atoms with Crippen molar-refractivity contribution in [1.82, 2.24) is 14.8 Å². The van der Waals surface area contributed by atoms with Crippen LogP contribution in [0.25, 0.3) is 0 Å². The minimum atomic E-state index is -0.129. The predicted octanol–water partition coefficient (Wildman–Crippen LogP) is 4.96. The fraction of sp³-hybridized carbons (Fsp3) is 0.720. The number of anilines is 1. The molecule has 3 fully saturated rings. The first-order valence-corrected chi connectivity index (χ1v) is 12.9. The van der Waals surface area contributed by atoms with Gasteiger partial charge in [0.1, 0.15) is 0 Å². The molecule has 1 N–H and O–H groups in total. The second-order valence-electron chi connectivity index (χ2n) is 11.2. The lowest BCUT2D eigenvalue weighted by Crippen LogP contribution is -2.59. The molecule has 5 rings (SSSR count). The number of hydrogen-bond acceptors (Lipinski definition) is 4. The van der Waals surface area contributed by atoms with Gasteiger partial charge in [-0.05, 0) is 67.8 Å². The Labute approximate surface area is 195 Å². The van der Waals surface area contributed by atoms with Gasteiger partial charge < -0.3 is 9.80 Å². The highest BCUT2D eigenvalue weighted by molar-refractivity contribution is 7.13. The largest absolute Gasteiger partial charge is 0.338 e. The average Bonchev–Trinajstić information content (AvgIpc) is 3.34. The van der Waals surface area contributed by atoms with Crippen molar-refractivity contribution in [2.45, 2.75) is 64.3 Å². The van der Waals surface area contributed by atoms with Gasteiger partial charge in [0, 0.05) is 43.9 Å². The van der Waals surface area contributed by atoms with Crippen LogP contribution in [-0.2, 0) is 4.79 Å². The van der Waals surface area contributed by atoms with Gasteiger partial charge in [-0.25, -0.2) is 9.78 Å². The number of amides is 3. The Morgan fingerprint density at radius 3 is 2.72 bits per heavy atom. The number of hydrogen-bond donors (Lipinski definition) is 1. The molecule has 3 aliphatic carbocycles. The molecule has 0 spiro atoms. The summed E-state index contributed by atoms with van der Waals surface area (Å²) in [4.78, 5) is 32.7. The Morgan fingerprint density at radius 1 is 1.19 bits per heavy atom. The maximum atomic E-state index is 12.3. The number of thiazole rings is 1. The third kappa shape index (κ3) is 3.14. The minimum Gasteiger partial charge on any atom is -0.338 e. The van der Waals surface area contributed by atoms with Crippen molar-refractivity contribution in [3.63, 3.8) is 0 Å². The number of nitrogens with zero attached hydrogens (tertiary/aromatic N) is 3. The number of nitrogens with one attached hydrogen (secondary N) is 1. The quantitative estimate of drug-likeness (QED) is 0.684. The van der Waals surface area contributed by atoms with E-state index >= 15 is 0 Å². The summed E-state index contributed by atoms with van der Waals surface area (Å²) in [6.07, 6.45) is 11.3. The molecule has 32 heavy (non-hydrogen) atoms. The molecule has 1 aromatic heterocycles. The molecule has 4 aliphatic rings. The van der Waals surface area contributed by atoms with E-state index in [0.29, 0.717) is 28.9 Å². The van der Waals surface area contributed by atoms with Gasteiger partial charge in [-0.3, -0.25) is 10.1 Å². The molecule has 1 aliphatic heterocycles. The normalized spacial score (nSPS) is 40.5. The lowest BCUT2D eigenvalue weighted by molar-refractivity contribution is -0.138. The second-order valence-corrected chi connectivity index (χ2v) is 12.1. The van der Waals surface area contributed by atoms with Crippen LogP contribution in [0.2, 0.25) is 0 Å². The summed E-state index contributed by atoms with van der Waals surface area (Å²) in [5.74, 6) is 2.70. The SMILES string of the molecule is CN(C)C(=O)Nc1nc([C@H]2CC[C@H]3C4CC[C@H]5N(C)C(=O)C=C[C@]5(C)C4CC[C@]23C)cs1. The van der Waals surface area contributed by atoms with Crippen molar-refractivity contribution in [2.24, 2.45) is 28.6 Å². The number of aromatic nitrogens is 1. The number of carbonyl (C=O) groups is 2.